The summed E-state index contributed by atoms with van der Waals surface area (Å²) in [6, 6.07) is 3.97. The van der Waals surface area contributed by atoms with Gasteiger partial charge >= 0.3 is 0 Å². The summed E-state index contributed by atoms with van der Waals surface area (Å²) in [5, 5.41) is 10.00. The van der Waals surface area contributed by atoms with E-state index in [0.717, 1.165) is 16.7 Å². The van der Waals surface area contributed by atoms with Crippen LogP contribution in [0, 0.1) is 6.92 Å². The smallest absolute Gasteiger partial charge is 0.122 e. The first-order valence-corrected chi connectivity index (χ1v) is 5.33. The quantitative estimate of drug-likeness (QED) is 0.743. The van der Waals surface area contributed by atoms with Gasteiger partial charge in [0.2, 0.25) is 0 Å². The predicted octanol–water partition coefficient (Wildman–Crippen LogP) is 3.02. The molecule has 15 heavy (non-hydrogen) atoms. The van der Waals surface area contributed by atoms with Crippen LogP contribution in [0.2, 0.25) is 0 Å². The molecule has 0 fully saturated rings. The molecule has 0 heterocycles. The molecule has 1 aromatic carbocycles. The number of aromatic hydroxyl groups is 1. The van der Waals surface area contributed by atoms with Gasteiger partial charge < -0.3 is 10.8 Å². The van der Waals surface area contributed by atoms with Crippen molar-refractivity contribution in [1.82, 2.24) is 0 Å². The molecule has 0 aliphatic heterocycles. The van der Waals surface area contributed by atoms with Crippen LogP contribution < -0.4 is 5.73 Å². The summed E-state index contributed by atoms with van der Waals surface area (Å²) in [6.07, 6.45) is 0. The Morgan fingerprint density at radius 1 is 1.27 bits per heavy atom. The number of aryl methyl sites for hydroxylation is 1. The molecule has 0 saturated heterocycles. The van der Waals surface area contributed by atoms with Gasteiger partial charge in [0.15, 0.2) is 0 Å². The minimum atomic E-state index is -0.0558. The third-order valence-corrected chi connectivity index (χ3v) is 2.66. The number of hydrogen-bond acceptors (Lipinski definition) is 2. The fourth-order valence-corrected chi connectivity index (χ4v) is 1.64. The predicted molar refractivity (Wildman–Crippen MR) is 64.1 cm³/mol. The summed E-state index contributed by atoms with van der Waals surface area (Å²) in [6.45, 7) is 10.1. The fourth-order valence-electron chi connectivity index (χ4n) is 1.64. The van der Waals surface area contributed by atoms with Gasteiger partial charge in [-0.25, -0.2) is 0 Å². The maximum atomic E-state index is 10.00. The molecule has 1 unspecified atom stereocenters. The van der Waals surface area contributed by atoms with E-state index in [4.69, 9.17) is 5.73 Å². The standard InChI is InChI=1S/C13H21NO/c1-8-6-10(9(2)14)7-11(12(8)15)13(3,4)5/h6-7,9,15H,14H2,1-5H3. The molecular formula is C13H21NO. The van der Waals surface area contributed by atoms with Crippen molar-refractivity contribution in [2.45, 2.75) is 46.1 Å². The first-order valence-electron chi connectivity index (χ1n) is 5.33. The van der Waals surface area contributed by atoms with Crippen LogP contribution in [0.25, 0.3) is 0 Å². The highest BCUT2D eigenvalue weighted by Gasteiger charge is 2.20. The number of rotatable bonds is 1. The Balaban J connectivity index is 3.38. The lowest BCUT2D eigenvalue weighted by molar-refractivity contribution is 0.442. The van der Waals surface area contributed by atoms with Gasteiger partial charge in [-0.1, -0.05) is 32.9 Å². The fraction of sp³-hybridized carbons (Fsp3) is 0.538. The van der Waals surface area contributed by atoms with Crippen LogP contribution in [-0.4, -0.2) is 5.11 Å². The molecule has 1 rings (SSSR count). The highest BCUT2D eigenvalue weighted by Crippen LogP contribution is 2.34. The Bertz CT molecular complexity index is 362. The topological polar surface area (TPSA) is 46.2 Å². The molecule has 0 spiro atoms. The molecule has 0 bridgehead atoms. The second-order valence-electron chi connectivity index (χ2n) is 5.27. The normalized spacial score (nSPS) is 14.0. The Morgan fingerprint density at radius 3 is 2.20 bits per heavy atom. The molecule has 0 aliphatic rings. The lowest BCUT2D eigenvalue weighted by atomic mass is 9.83. The Kier molecular flexibility index (Phi) is 3.10. The molecule has 0 saturated carbocycles. The van der Waals surface area contributed by atoms with Gasteiger partial charge in [-0.15, -0.1) is 0 Å². The monoisotopic (exact) mass is 207 g/mol. The van der Waals surface area contributed by atoms with Crippen LogP contribution in [0.1, 0.15) is 50.4 Å². The van der Waals surface area contributed by atoms with E-state index in [1.807, 2.05) is 26.0 Å². The van der Waals surface area contributed by atoms with E-state index in [2.05, 4.69) is 20.8 Å². The highest BCUT2D eigenvalue weighted by atomic mass is 16.3. The van der Waals surface area contributed by atoms with Crippen LogP contribution in [0.15, 0.2) is 12.1 Å². The molecule has 0 amide bonds. The molecule has 2 heteroatoms. The van der Waals surface area contributed by atoms with Gasteiger partial charge in [0.1, 0.15) is 5.75 Å². The Hall–Kier alpha value is -1.02. The molecule has 3 N–H and O–H groups in total. The summed E-state index contributed by atoms with van der Waals surface area (Å²) in [5.74, 6) is 0.395. The minimum Gasteiger partial charge on any atom is -0.507 e. The van der Waals surface area contributed by atoms with E-state index in [1.54, 1.807) is 0 Å². The average Bonchev–Trinajstić information content (AvgIpc) is 2.06. The summed E-state index contributed by atoms with van der Waals surface area (Å²) < 4.78 is 0. The molecular weight excluding hydrogens is 186 g/mol. The molecule has 0 aromatic heterocycles. The summed E-state index contributed by atoms with van der Waals surface area (Å²) in [5.41, 5.74) is 8.75. The third-order valence-electron chi connectivity index (χ3n) is 2.66. The minimum absolute atomic E-state index is 0.00500. The van der Waals surface area contributed by atoms with Crippen LogP contribution in [0.4, 0.5) is 0 Å². The second-order valence-corrected chi connectivity index (χ2v) is 5.27. The molecule has 1 aromatic rings. The number of nitrogens with two attached hydrogens (primary N) is 1. The molecule has 84 valence electrons. The SMILES string of the molecule is Cc1cc(C(C)N)cc(C(C)(C)C)c1O. The van der Waals surface area contributed by atoms with Crippen molar-refractivity contribution in [3.8, 4) is 5.75 Å². The van der Waals surface area contributed by atoms with Crippen LogP contribution in [0.3, 0.4) is 0 Å². The Labute approximate surface area is 92.1 Å². The maximum Gasteiger partial charge on any atom is 0.122 e. The van der Waals surface area contributed by atoms with Crippen molar-refractivity contribution in [3.63, 3.8) is 0 Å². The zero-order valence-electron chi connectivity index (χ0n) is 10.3. The highest BCUT2D eigenvalue weighted by molar-refractivity contribution is 5.47. The first kappa shape index (κ1) is 12.1. The van der Waals surface area contributed by atoms with Gasteiger partial charge in [0, 0.05) is 6.04 Å². The summed E-state index contributed by atoms with van der Waals surface area (Å²) in [4.78, 5) is 0. The summed E-state index contributed by atoms with van der Waals surface area (Å²) in [7, 11) is 0. The van der Waals surface area contributed by atoms with Crippen molar-refractivity contribution < 1.29 is 5.11 Å². The van der Waals surface area contributed by atoms with Gasteiger partial charge in [-0.3, -0.25) is 0 Å². The molecule has 1 atom stereocenters. The maximum absolute atomic E-state index is 10.00. The molecule has 0 aliphatic carbocycles. The van der Waals surface area contributed by atoms with Crippen molar-refractivity contribution in [3.05, 3.63) is 28.8 Å². The number of phenolic OH excluding ortho intramolecular Hbond substituents is 1. The van der Waals surface area contributed by atoms with Crippen molar-refractivity contribution in [2.75, 3.05) is 0 Å². The zero-order chi connectivity index (χ0) is 11.8. The first-order chi connectivity index (χ1) is 6.73. The number of benzene rings is 1. The molecule has 2 nitrogen and oxygen atoms in total. The van der Waals surface area contributed by atoms with Crippen molar-refractivity contribution in [2.24, 2.45) is 5.73 Å². The lowest BCUT2D eigenvalue weighted by Gasteiger charge is -2.23. The average molecular weight is 207 g/mol. The van der Waals surface area contributed by atoms with Crippen LogP contribution in [-0.2, 0) is 5.41 Å². The van der Waals surface area contributed by atoms with Crippen molar-refractivity contribution in [1.29, 1.82) is 0 Å². The second kappa shape index (κ2) is 3.86. The number of hydrogen-bond donors (Lipinski definition) is 2. The summed E-state index contributed by atoms with van der Waals surface area (Å²) >= 11 is 0. The van der Waals surface area contributed by atoms with Gasteiger partial charge in [0.25, 0.3) is 0 Å². The number of phenols is 1. The van der Waals surface area contributed by atoms with Gasteiger partial charge in [-0.05, 0) is 36.0 Å². The van der Waals surface area contributed by atoms with E-state index >= 15 is 0 Å². The van der Waals surface area contributed by atoms with Crippen LogP contribution in [0.5, 0.6) is 5.75 Å². The lowest BCUT2D eigenvalue weighted by Crippen LogP contribution is -2.14. The van der Waals surface area contributed by atoms with Gasteiger partial charge in [0.05, 0.1) is 0 Å². The van der Waals surface area contributed by atoms with E-state index < -0.39 is 0 Å². The van der Waals surface area contributed by atoms with E-state index in [1.165, 1.54) is 0 Å². The van der Waals surface area contributed by atoms with Crippen molar-refractivity contribution >= 4 is 0 Å². The van der Waals surface area contributed by atoms with Gasteiger partial charge in [-0.2, -0.15) is 0 Å². The van der Waals surface area contributed by atoms with E-state index in [0.29, 0.717) is 5.75 Å². The Morgan fingerprint density at radius 2 is 1.80 bits per heavy atom. The van der Waals surface area contributed by atoms with Crippen LogP contribution >= 0.6 is 0 Å². The van der Waals surface area contributed by atoms with E-state index in [-0.39, 0.29) is 11.5 Å². The van der Waals surface area contributed by atoms with E-state index in [9.17, 15) is 5.11 Å². The molecule has 0 radical (unpaired) electrons. The third kappa shape index (κ3) is 2.51. The largest absolute Gasteiger partial charge is 0.507 e. The zero-order valence-corrected chi connectivity index (χ0v) is 10.3.